The summed E-state index contributed by atoms with van der Waals surface area (Å²) in [5, 5.41) is 6.01. The molecule has 0 bridgehead atoms. The van der Waals surface area contributed by atoms with Crippen LogP contribution in [0.1, 0.15) is 15.2 Å². The molecule has 1 N–H and O–H groups in total. The number of benzene rings is 2. The Hall–Kier alpha value is -2.26. The monoisotopic (exact) mass is 537 g/mol. The largest absolute Gasteiger partial charge is 0.493 e. The number of thiophene rings is 1. The number of piperazine rings is 1. The fourth-order valence-electron chi connectivity index (χ4n) is 3.89. The fraction of sp³-hybridized carbons (Fsp3) is 0.333. The Balaban J connectivity index is 1.28. The van der Waals surface area contributed by atoms with Gasteiger partial charge in [0, 0.05) is 47.8 Å². The van der Waals surface area contributed by atoms with Gasteiger partial charge in [-0.15, -0.1) is 11.3 Å². The predicted octanol–water partition coefficient (Wildman–Crippen LogP) is 5.10. The molecule has 2 heterocycles. The van der Waals surface area contributed by atoms with Crippen molar-refractivity contribution in [1.82, 2.24) is 15.1 Å². The smallest absolute Gasteiger partial charge is 0.265 e. The number of hydrogen-bond acceptors (Lipinski definition) is 5. The molecule has 0 radical (unpaired) electrons. The number of rotatable bonds is 6. The summed E-state index contributed by atoms with van der Waals surface area (Å²) in [5.74, 6) is 1.38. The van der Waals surface area contributed by atoms with Gasteiger partial charge in [-0.25, -0.2) is 0 Å². The molecule has 1 amide bonds. The van der Waals surface area contributed by atoms with Crippen molar-refractivity contribution >= 4 is 67.9 Å². The minimum atomic E-state index is -0.0469. The summed E-state index contributed by atoms with van der Waals surface area (Å²) in [6.07, 6.45) is 0.799. The SMILES string of the molecule is COc1ccc(CCNC(=S)N2CCN(C(=O)c3sc4cc(Cl)ccc4c3Cl)CC2)cc1OC. The molecular formula is C24H25Cl2N3O3S2. The second kappa shape index (κ2) is 11.0. The van der Waals surface area contributed by atoms with E-state index >= 15 is 0 Å². The summed E-state index contributed by atoms with van der Waals surface area (Å²) in [7, 11) is 3.25. The number of amides is 1. The lowest BCUT2D eigenvalue weighted by Crippen LogP contribution is -2.53. The molecule has 1 aromatic heterocycles. The van der Waals surface area contributed by atoms with Crippen molar-refractivity contribution in [3.8, 4) is 11.5 Å². The molecule has 34 heavy (non-hydrogen) atoms. The molecule has 0 spiro atoms. The van der Waals surface area contributed by atoms with Crippen LogP contribution in [0.25, 0.3) is 10.1 Å². The lowest BCUT2D eigenvalue weighted by Gasteiger charge is -2.36. The van der Waals surface area contributed by atoms with E-state index in [1.807, 2.05) is 35.2 Å². The van der Waals surface area contributed by atoms with Crippen molar-refractivity contribution < 1.29 is 14.3 Å². The third-order valence-electron chi connectivity index (χ3n) is 5.78. The highest BCUT2D eigenvalue weighted by Crippen LogP contribution is 2.37. The zero-order valence-electron chi connectivity index (χ0n) is 18.9. The Morgan fingerprint density at radius 3 is 2.44 bits per heavy atom. The van der Waals surface area contributed by atoms with Crippen LogP contribution in [-0.4, -0.2) is 67.8 Å². The first-order valence-electron chi connectivity index (χ1n) is 10.8. The number of carbonyl (C=O) groups is 1. The molecule has 0 saturated carbocycles. The van der Waals surface area contributed by atoms with E-state index in [-0.39, 0.29) is 5.91 Å². The molecule has 6 nitrogen and oxygen atoms in total. The highest BCUT2D eigenvalue weighted by Gasteiger charge is 2.27. The van der Waals surface area contributed by atoms with Crippen molar-refractivity contribution in [2.75, 3.05) is 46.9 Å². The van der Waals surface area contributed by atoms with E-state index < -0.39 is 0 Å². The number of fused-ring (bicyclic) bond motifs is 1. The molecule has 4 rings (SSSR count). The third-order valence-corrected chi connectivity index (χ3v) is 8.06. The maximum Gasteiger partial charge on any atom is 0.265 e. The van der Waals surface area contributed by atoms with Crippen LogP contribution in [0.3, 0.4) is 0 Å². The van der Waals surface area contributed by atoms with E-state index in [0.29, 0.717) is 64.3 Å². The third kappa shape index (κ3) is 5.35. The Morgan fingerprint density at radius 2 is 1.74 bits per heavy atom. The van der Waals surface area contributed by atoms with E-state index in [1.165, 1.54) is 11.3 Å². The summed E-state index contributed by atoms with van der Waals surface area (Å²) >= 11 is 19.6. The summed E-state index contributed by atoms with van der Waals surface area (Å²) < 4.78 is 11.6. The van der Waals surface area contributed by atoms with Gasteiger partial charge in [-0.2, -0.15) is 0 Å². The molecule has 1 fully saturated rings. The topological polar surface area (TPSA) is 54.0 Å². The van der Waals surface area contributed by atoms with Gasteiger partial charge in [-0.1, -0.05) is 35.3 Å². The molecule has 1 aliphatic heterocycles. The van der Waals surface area contributed by atoms with Crippen LogP contribution in [0.4, 0.5) is 0 Å². The minimum Gasteiger partial charge on any atom is -0.493 e. The van der Waals surface area contributed by atoms with Crippen LogP contribution >= 0.6 is 46.8 Å². The van der Waals surface area contributed by atoms with Crippen LogP contribution in [0.2, 0.25) is 10.0 Å². The second-order valence-electron chi connectivity index (χ2n) is 7.84. The predicted molar refractivity (Wildman–Crippen MR) is 143 cm³/mol. The lowest BCUT2D eigenvalue weighted by molar-refractivity contribution is 0.0696. The zero-order chi connectivity index (χ0) is 24.2. The molecule has 0 unspecified atom stereocenters. The van der Waals surface area contributed by atoms with Gasteiger partial charge in [0.25, 0.3) is 5.91 Å². The Morgan fingerprint density at radius 1 is 1.03 bits per heavy atom. The molecular weight excluding hydrogens is 513 g/mol. The van der Waals surface area contributed by atoms with Crippen molar-refractivity contribution in [2.45, 2.75) is 6.42 Å². The van der Waals surface area contributed by atoms with E-state index in [9.17, 15) is 4.79 Å². The van der Waals surface area contributed by atoms with Crippen molar-refractivity contribution in [3.05, 3.63) is 56.9 Å². The molecule has 10 heteroatoms. The van der Waals surface area contributed by atoms with Crippen LogP contribution in [0.15, 0.2) is 36.4 Å². The van der Waals surface area contributed by atoms with Crippen molar-refractivity contribution in [3.63, 3.8) is 0 Å². The summed E-state index contributed by atoms with van der Waals surface area (Å²) in [4.78, 5) is 17.6. The molecule has 0 atom stereocenters. The van der Waals surface area contributed by atoms with Gasteiger partial charge in [0.2, 0.25) is 0 Å². The van der Waals surface area contributed by atoms with Crippen molar-refractivity contribution in [2.24, 2.45) is 0 Å². The lowest BCUT2D eigenvalue weighted by atomic mass is 10.1. The summed E-state index contributed by atoms with van der Waals surface area (Å²) in [6, 6.07) is 11.4. The van der Waals surface area contributed by atoms with Gasteiger partial charge < -0.3 is 24.6 Å². The maximum absolute atomic E-state index is 13.1. The zero-order valence-corrected chi connectivity index (χ0v) is 22.0. The number of nitrogens with zero attached hydrogens (tertiary/aromatic N) is 2. The minimum absolute atomic E-state index is 0.0469. The average Bonchev–Trinajstić information content (AvgIpc) is 3.18. The number of carbonyl (C=O) groups excluding carboxylic acids is 1. The highest BCUT2D eigenvalue weighted by atomic mass is 35.5. The van der Waals surface area contributed by atoms with Gasteiger partial charge in [0.1, 0.15) is 4.88 Å². The van der Waals surface area contributed by atoms with Gasteiger partial charge in [0.05, 0.1) is 19.2 Å². The molecule has 0 aliphatic carbocycles. The Kier molecular flexibility index (Phi) is 8.03. The number of halogens is 2. The van der Waals surface area contributed by atoms with Crippen LogP contribution in [-0.2, 0) is 6.42 Å². The van der Waals surface area contributed by atoms with Gasteiger partial charge in [-0.05, 0) is 48.5 Å². The molecule has 3 aromatic rings. The van der Waals surface area contributed by atoms with Crippen LogP contribution < -0.4 is 14.8 Å². The summed E-state index contributed by atoms with van der Waals surface area (Å²) in [6.45, 7) is 3.21. The Labute approximate surface area is 218 Å². The first-order chi connectivity index (χ1) is 16.4. The number of hydrogen-bond donors (Lipinski definition) is 1. The molecule has 180 valence electrons. The highest BCUT2D eigenvalue weighted by molar-refractivity contribution is 7.80. The van der Waals surface area contributed by atoms with Gasteiger partial charge in [0.15, 0.2) is 16.6 Å². The van der Waals surface area contributed by atoms with Gasteiger partial charge in [-0.3, -0.25) is 4.79 Å². The number of ether oxygens (including phenoxy) is 2. The number of methoxy groups -OCH3 is 2. The standard InChI is InChI=1S/C24H25Cl2N3O3S2/c1-31-18-6-3-15(13-19(18)32-2)7-8-27-24(33)29-11-9-28(10-12-29)23(30)22-21(26)17-5-4-16(25)14-20(17)34-22/h3-6,13-14H,7-12H2,1-2H3,(H,27,33). The van der Waals surface area contributed by atoms with Crippen LogP contribution in [0.5, 0.6) is 11.5 Å². The molecule has 2 aromatic carbocycles. The fourth-order valence-corrected chi connectivity index (χ4v) is 5.94. The molecule has 1 aliphatic rings. The van der Waals surface area contributed by atoms with Crippen molar-refractivity contribution in [1.29, 1.82) is 0 Å². The first kappa shape index (κ1) is 24.9. The number of thiocarbonyl (C=S) groups is 1. The molecule has 1 saturated heterocycles. The summed E-state index contributed by atoms with van der Waals surface area (Å²) in [5.41, 5.74) is 1.13. The number of nitrogens with one attached hydrogen (secondary N) is 1. The normalized spacial score (nSPS) is 13.8. The first-order valence-corrected chi connectivity index (χ1v) is 12.8. The van der Waals surface area contributed by atoms with E-state index in [2.05, 4.69) is 10.2 Å². The quantitative estimate of drug-likeness (QED) is 0.441. The van der Waals surface area contributed by atoms with E-state index in [1.54, 1.807) is 20.3 Å². The maximum atomic E-state index is 13.1. The van der Waals surface area contributed by atoms with E-state index in [0.717, 1.165) is 22.1 Å². The second-order valence-corrected chi connectivity index (χ2v) is 10.1. The van der Waals surface area contributed by atoms with Crippen LogP contribution in [0, 0.1) is 0 Å². The van der Waals surface area contributed by atoms with Gasteiger partial charge >= 0.3 is 0 Å². The Bertz CT molecular complexity index is 1210. The van der Waals surface area contributed by atoms with E-state index in [4.69, 9.17) is 44.9 Å². The average molecular weight is 539 g/mol.